The third-order valence-electron chi connectivity index (χ3n) is 4.42. The molecule has 118 valence electrons. The van der Waals surface area contributed by atoms with Crippen molar-refractivity contribution in [1.82, 2.24) is 0 Å². The van der Waals surface area contributed by atoms with Crippen LogP contribution in [0.25, 0.3) is 0 Å². The van der Waals surface area contributed by atoms with Gasteiger partial charge in [-0.25, -0.2) is 0 Å². The molecule has 1 atom stereocenters. The van der Waals surface area contributed by atoms with E-state index in [1.165, 1.54) is 0 Å². The summed E-state index contributed by atoms with van der Waals surface area (Å²) in [5.41, 5.74) is 1.95. The summed E-state index contributed by atoms with van der Waals surface area (Å²) < 4.78 is 11.8. The van der Waals surface area contributed by atoms with Crippen LogP contribution in [0.5, 0.6) is 0 Å². The Morgan fingerprint density at radius 2 is 1.17 bits per heavy atom. The predicted molar refractivity (Wildman–Crippen MR) is 93.0 cm³/mol. The molecular weight excluding hydrogens is 299 g/mol. The summed E-state index contributed by atoms with van der Waals surface area (Å²) in [5.74, 6) is 0. The molecule has 0 saturated carbocycles. The predicted octanol–water partition coefficient (Wildman–Crippen LogP) is 3.70. The standard InChI is InChI=1S/C20H17BO3/c22-21-23-19(16-10-4-1-5-11-16)20(24-21,17-12-6-2-7-13-17)18-14-8-3-9-15-18/h1-15,19,22H. The lowest BCUT2D eigenvalue weighted by Crippen LogP contribution is -2.34. The average Bonchev–Trinajstić information content (AvgIpc) is 3.02. The fraction of sp³-hybridized carbons (Fsp3) is 0.100. The van der Waals surface area contributed by atoms with E-state index in [1.807, 2.05) is 91.0 Å². The quantitative estimate of drug-likeness (QED) is 0.749. The molecule has 0 aliphatic carbocycles. The van der Waals surface area contributed by atoms with Crippen molar-refractivity contribution in [3.8, 4) is 0 Å². The van der Waals surface area contributed by atoms with Gasteiger partial charge in [0.2, 0.25) is 0 Å². The van der Waals surface area contributed by atoms with Crippen LogP contribution in [0.1, 0.15) is 22.8 Å². The Balaban J connectivity index is 1.95. The summed E-state index contributed by atoms with van der Waals surface area (Å²) in [5, 5.41) is 10.2. The van der Waals surface area contributed by atoms with E-state index in [-0.39, 0.29) is 0 Å². The van der Waals surface area contributed by atoms with E-state index >= 15 is 0 Å². The maximum absolute atomic E-state index is 10.2. The molecule has 1 fully saturated rings. The van der Waals surface area contributed by atoms with Crippen LogP contribution in [0.2, 0.25) is 0 Å². The van der Waals surface area contributed by atoms with Gasteiger partial charge >= 0.3 is 7.32 Å². The Kier molecular flexibility index (Phi) is 3.94. The molecule has 1 N–H and O–H groups in total. The molecule has 3 nitrogen and oxygen atoms in total. The van der Waals surface area contributed by atoms with Crippen molar-refractivity contribution < 1.29 is 14.3 Å². The SMILES string of the molecule is OB1OC(c2ccccc2)C(c2ccccc2)(c2ccccc2)O1. The van der Waals surface area contributed by atoms with Crippen molar-refractivity contribution >= 4 is 7.32 Å². The molecule has 0 spiro atoms. The van der Waals surface area contributed by atoms with Crippen molar-refractivity contribution in [1.29, 1.82) is 0 Å². The minimum absolute atomic E-state index is 0.446. The first-order chi connectivity index (χ1) is 11.8. The second kappa shape index (κ2) is 6.25. The highest BCUT2D eigenvalue weighted by molar-refractivity contribution is 6.35. The smallest absolute Gasteiger partial charge is 0.402 e. The van der Waals surface area contributed by atoms with Crippen LogP contribution in [0.3, 0.4) is 0 Å². The highest BCUT2D eigenvalue weighted by Gasteiger charge is 2.54. The van der Waals surface area contributed by atoms with Gasteiger partial charge in [-0.3, -0.25) is 0 Å². The maximum atomic E-state index is 10.2. The van der Waals surface area contributed by atoms with E-state index in [0.29, 0.717) is 0 Å². The van der Waals surface area contributed by atoms with Gasteiger partial charge in [0.25, 0.3) is 0 Å². The van der Waals surface area contributed by atoms with E-state index < -0.39 is 19.0 Å². The second-order valence-electron chi connectivity index (χ2n) is 5.82. The lowest BCUT2D eigenvalue weighted by atomic mass is 9.79. The number of rotatable bonds is 3. The molecule has 3 aromatic carbocycles. The fourth-order valence-corrected chi connectivity index (χ4v) is 3.38. The van der Waals surface area contributed by atoms with E-state index in [2.05, 4.69) is 0 Å². The fourth-order valence-electron chi connectivity index (χ4n) is 3.38. The summed E-state index contributed by atoms with van der Waals surface area (Å²) >= 11 is 0. The van der Waals surface area contributed by atoms with Gasteiger partial charge < -0.3 is 14.3 Å². The van der Waals surface area contributed by atoms with Crippen molar-refractivity contribution in [2.75, 3.05) is 0 Å². The lowest BCUT2D eigenvalue weighted by molar-refractivity contribution is 0.0711. The highest BCUT2D eigenvalue weighted by atomic mass is 16.7. The van der Waals surface area contributed by atoms with Crippen LogP contribution in [0.4, 0.5) is 0 Å². The van der Waals surface area contributed by atoms with E-state index in [9.17, 15) is 5.02 Å². The summed E-state index contributed by atoms with van der Waals surface area (Å²) in [6, 6.07) is 29.7. The molecule has 1 aliphatic heterocycles. The Morgan fingerprint density at radius 3 is 1.67 bits per heavy atom. The zero-order valence-electron chi connectivity index (χ0n) is 13.1. The monoisotopic (exact) mass is 316 g/mol. The first kappa shape index (κ1) is 15.2. The summed E-state index contributed by atoms with van der Waals surface area (Å²) in [4.78, 5) is 0. The van der Waals surface area contributed by atoms with Gasteiger partial charge in [0, 0.05) is 0 Å². The second-order valence-corrected chi connectivity index (χ2v) is 5.82. The van der Waals surface area contributed by atoms with E-state index in [0.717, 1.165) is 16.7 Å². The molecule has 3 aromatic rings. The highest BCUT2D eigenvalue weighted by Crippen LogP contribution is 2.50. The molecule has 0 aromatic heterocycles. The Hall–Kier alpha value is -2.40. The first-order valence-corrected chi connectivity index (χ1v) is 7.98. The molecule has 0 bridgehead atoms. The van der Waals surface area contributed by atoms with Gasteiger partial charge in [0.05, 0.1) is 0 Å². The van der Waals surface area contributed by atoms with Crippen LogP contribution in [-0.4, -0.2) is 12.3 Å². The molecule has 1 saturated heterocycles. The molecule has 1 heterocycles. The summed E-state index contributed by atoms with van der Waals surface area (Å²) in [7, 11) is -1.28. The van der Waals surface area contributed by atoms with Crippen molar-refractivity contribution in [2.45, 2.75) is 11.7 Å². The zero-order valence-corrected chi connectivity index (χ0v) is 13.1. The minimum atomic E-state index is -1.28. The third kappa shape index (κ3) is 2.45. The minimum Gasteiger partial charge on any atom is -0.402 e. The molecule has 1 unspecified atom stereocenters. The van der Waals surface area contributed by atoms with Crippen LogP contribution >= 0.6 is 0 Å². The summed E-state index contributed by atoms with van der Waals surface area (Å²) in [6.07, 6.45) is -0.446. The maximum Gasteiger partial charge on any atom is 0.638 e. The number of benzene rings is 3. The van der Waals surface area contributed by atoms with Gasteiger partial charge in [-0.15, -0.1) is 0 Å². The Labute approximate surface area is 141 Å². The largest absolute Gasteiger partial charge is 0.638 e. The molecule has 4 heteroatoms. The van der Waals surface area contributed by atoms with Gasteiger partial charge in [-0.2, -0.15) is 0 Å². The van der Waals surface area contributed by atoms with Crippen molar-refractivity contribution in [3.63, 3.8) is 0 Å². The van der Waals surface area contributed by atoms with E-state index in [4.69, 9.17) is 9.31 Å². The molecule has 0 radical (unpaired) electrons. The Bertz CT molecular complexity index is 753. The van der Waals surface area contributed by atoms with Gasteiger partial charge in [-0.05, 0) is 16.7 Å². The van der Waals surface area contributed by atoms with Crippen LogP contribution in [0, 0.1) is 0 Å². The lowest BCUT2D eigenvalue weighted by Gasteiger charge is -2.35. The molecule has 1 aliphatic rings. The third-order valence-corrected chi connectivity index (χ3v) is 4.42. The van der Waals surface area contributed by atoms with Crippen LogP contribution in [-0.2, 0) is 14.9 Å². The number of hydrogen-bond acceptors (Lipinski definition) is 3. The van der Waals surface area contributed by atoms with Gasteiger partial charge in [0.15, 0.2) is 0 Å². The molecule has 24 heavy (non-hydrogen) atoms. The molecule has 4 rings (SSSR count). The van der Waals surface area contributed by atoms with Crippen molar-refractivity contribution in [2.24, 2.45) is 0 Å². The average molecular weight is 316 g/mol. The molecule has 0 amide bonds. The number of hydrogen-bond donors (Lipinski definition) is 1. The van der Waals surface area contributed by atoms with E-state index in [1.54, 1.807) is 0 Å². The molecular formula is C20H17BO3. The normalized spacial score (nSPS) is 19.4. The van der Waals surface area contributed by atoms with Gasteiger partial charge in [-0.1, -0.05) is 91.0 Å². The topological polar surface area (TPSA) is 38.7 Å². The van der Waals surface area contributed by atoms with Crippen LogP contribution < -0.4 is 0 Å². The van der Waals surface area contributed by atoms with Gasteiger partial charge in [0.1, 0.15) is 11.7 Å². The summed E-state index contributed by atoms with van der Waals surface area (Å²) in [6.45, 7) is 0. The van der Waals surface area contributed by atoms with Crippen LogP contribution in [0.15, 0.2) is 91.0 Å². The Morgan fingerprint density at radius 1 is 0.708 bits per heavy atom. The van der Waals surface area contributed by atoms with Crippen molar-refractivity contribution in [3.05, 3.63) is 108 Å². The first-order valence-electron chi connectivity index (χ1n) is 7.98. The zero-order chi connectivity index (χ0) is 16.4.